The summed E-state index contributed by atoms with van der Waals surface area (Å²) in [6, 6.07) is 4.52. The van der Waals surface area contributed by atoms with E-state index in [1.165, 1.54) is 25.3 Å². The summed E-state index contributed by atoms with van der Waals surface area (Å²) in [5.41, 5.74) is 5.90. The highest BCUT2D eigenvalue weighted by molar-refractivity contribution is 5.93. The van der Waals surface area contributed by atoms with Crippen LogP contribution in [0.1, 0.15) is 16.2 Å². The number of rotatable bonds is 8. The molecule has 0 bridgehead atoms. The Labute approximate surface area is 168 Å². The van der Waals surface area contributed by atoms with Gasteiger partial charge in [-0.2, -0.15) is 0 Å². The van der Waals surface area contributed by atoms with Gasteiger partial charge in [-0.25, -0.2) is 9.78 Å². The molecule has 0 saturated carbocycles. The van der Waals surface area contributed by atoms with E-state index >= 15 is 0 Å². The van der Waals surface area contributed by atoms with Crippen LogP contribution in [0.3, 0.4) is 0 Å². The van der Waals surface area contributed by atoms with Crippen molar-refractivity contribution in [3.63, 3.8) is 0 Å². The van der Waals surface area contributed by atoms with Crippen LogP contribution in [0.25, 0.3) is 10.9 Å². The smallest absolute Gasteiger partial charge is 0.337 e. The molecule has 27 heavy (non-hydrogen) atoms. The van der Waals surface area contributed by atoms with Crippen molar-refractivity contribution < 1.29 is 19.7 Å². The molecule has 0 aliphatic carbocycles. The molecule has 0 aliphatic rings. The monoisotopic (exact) mass is 422 g/mol. The van der Waals surface area contributed by atoms with Gasteiger partial charge in [-0.1, -0.05) is 0 Å². The van der Waals surface area contributed by atoms with Gasteiger partial charge in [0.05, 0.1) is 42.8 Å². The number of carbonyl (C=O) groups is 1. The maximum Gasteiger partial charge on any atom is 0.337 e. The Balaban J connectivity index is 0.00000338. The van der Waals surface area contributed by atoms with Gasteiger partial charge in [0.1, 0.15) is 5.82 Å². The van der Waals surface area contributed by atoms with E-state index in [-0.39, 0.29) is 50.1 Å². The molecule has 2 rings (SSSR count). The minimum absolute atomic E-state index is 0. The number of nitrogens with zero attached hydrogens (tertiary/aromatic N) is 2. The van der Waals surface area contributed by atoms with E-state index in [1.807, 2.05) is 0 Å². The number of aliphatic hydroxyl groups is 2. The Morgan fingerprint density at radius 3 is 2.70 bits per heavy atom. The largest absolute Gasteiger partial charge is 0.465 e. The molecule has 0 radical (unpaired) electrons. The molecule has 0 spiro atoms. The van der Waals surface area contributed by atoms with Crippen LogP contribution in [0.5, 0.6) is 0 Å². The van der Waals surface area contributed by atoms with Gasteiger partial charge in [0.2, 0.25) is 0 Å². The number of aliphatic hydroxyl groups excluding tert-OH is 2. The molecule has 1 unspecified atom stereocenters. The van der Waals surface area contributed by atoms with Crippen LogP contribution >= 0.6 is 24.8 Å². The highest BCUT2D eigenvalue weighted by atomic mass is 35.5. The van der Waals surface area contributed by atoms with Crippen LogP contribution in [0, 0.1) is 0 Å². The SMILES string of the molecule is COC(=O)c1ccc2c(=O)[nH]c(CN(CCN)CC(O)CO)nc2c1.Cl.Cl. The van der Waals surface area contributed by atoms with Crippen molar-refractivity contribution in [2.45, 2.75) is 12.6 Å². The molecule has 1 heterocycles. The van der Waals surface area contributed by atoms with E-state index in [1.54, 1.807) is 4.90 Å². The number of hydrogen-bond donors (Lipinski definition) is 4. The number of nitrogens with one attached hydrogen (secondary N) is 1. The molecule has 2 aromatic rings. The summed E-state index contributed by atoms with van der Waals surface area (Å²) < 4.78 is 4.67. The van der Waals surface area contributed by atoms with Crippen molar-refractivity contribution in [1.29, 1.82) is 0 Å². The van der Waals surface area contributed by atoms with Crippen LogP contribution in [0.2, 0.25) is 0 Å². The van der Waals surface area contributed by atoms with Crippen molar-refractivity contribution in [1.82, 2.24) is 14.9 Å². The number of nitrogens with two attached hydrogens (primary N) is 1. The minimum atomic E-state index is -0.912. The van der Waals surface area contributed by atoms with Gasteiger partial charge in [0, 0.05) is 19.6 Å². The first kappa shape index (κ1) is 25.2. The van der Waals surface area contributed by atoms with Crippen LogP contribution in [0.15, 0.2) is 23.0 Å². The van der Waals surface area contributed by atoms with Crippen LogP contribution in [0.4, 0.5) is 0 Å². The highest BCUT2D eigenvalue weighted by Gasteiger charge is 2.14. The summed E-state index contributed by atoms with van der Waals surface area (Å²) in [5.74, 6) is -0.139. The Hall–Kier alpha value is -1.75. The van der Waals surface area contributed by atoms with Gasteiger partial charge >= 0.3 is 5.97 Å². The lowest BCUT2D eigenvalue weighted by Crippen LogP contribution is -2.37. The molecule has 1 aromatic heterocycles. The maximum absolute atomic E-state index is 12.2. The molecule has 5 N–H and O–H groups in total. The molecule has 0 aliphatic heterocycles. The molecule has 1 atom stereocenters. The van der Waals surface area contributed by atoms with Crippen molar-refractivity contribution in [3.05, 3.63) is 39.9 Å². The number of benzene rings is 1. The number of carbonyl (C=O) groups excluding carboxylic acids is 1. The van der Waals surface area contributed by atoms with Crippen molar-refractivity contribution in [2.75, 3.05) is 33.4 Å². The van der Waals surface area contributed by atoms with E-state index in [4.69, 9.17) is 10.8 Å². The molecular formula is C16H24Cl2N4O5. The normalized spacial score (nSPS) is 11.6. The average molecular weight is 423 g/mol. The quantitative estimate of drug-likeness (QED) is 0.423. The zero-order chi connectivity index (χ0) is 18.4. The predicted octanol–water partition coefficient (Wildman–Crippen LogP) is -0.333. The number of hydrogen-bond acceptors (Lipinski definition) is 8. The summed E-state index contributed by atoms with van der Waals surface area (Å²) in [7, 11) is 1.28. The van der Waals surface area contributed by atoms with E-state index in [0.717, 1.165) is 0 Å². The number of esters is 1. The molecule has 152 valence electrons. The number of methoxy groups -OCH3 is 1. The molecule has 9 nitrogen and oxygen atoms in total. The first-order valence-electron chi connectivity index (χ1n) is 7.81. The lowest BCUT2D eigenvalue weighted by atomic mass is 10.1. The summed E-state index contributed by atoms with van der Waals surface area (Å²) in [4.78, 5) is 32.7. The average Bonchev–Trinajstić information content (AvgIpc) is 2.60. The fourth-order valence-electron chi connectivity index (χ4n) is 2.49. The summed E-state index contributed by atoms with van der Waals surface area (Å²) in [6.45, 7) is 0.869. The topological polar surface area (TPSA) is 142 Å². The van der Waals surface area contributed by atoms with Gasteiger partial charge in [0.25, 0.3) is 5.56 Å². The number of aromatic nitrogens is 2. The molecular weight excluding hydrogens is 399 g/mol. The highest BCUT2D eigenvalue weighted by Crippen LogP contribution is 2.12. The number of H-pyrrole nitrogens is 1. The van der Waals surface area contributed by atoms with Crippen LogP contribution in [-0.4, -0.2) is 70.5 Å². The molecule has 0 fully saturated rings. The van der Waals surface area contributed by atoms with E-state index in [0.29, 0.717) is 35.4 Å². The molecule has 11 heteroatoms. The lowest BCUT2D eigenvalue weighted by Gasteiger charge is -2.23. The Bertz CT molecular complexity index is 802. The third-order valence-corrected chi connectivity index (χ3v) is 3.68. The van der Waals surface area contributed by atoms with Gasteiger partial charge in [-0.05, 0) is 18.2 Å². The van der Waals surface area contributed by atoms with Gasteiger partial charge in [0.15, 0.2) is 0 Å². The zero-order valence-electron chi connectivity index (χ0n) is 14.8. The fraction of sp³-hybridized carbons (Fsp3) is 0.438. The second kappa shape index (κ2) is 11.9. The third kappa shape index (κ3) is 6.73. The summed E-state index contributed by atoms with van der Waals surface area (Å²) in [5, 5.41) is 19.0. The standard InChI is InChI=1S/C16H22N4O5.2ClH/c1-25-16(24)10-2-3-12-13(6-10)18-14(19-15(12)23)8-20(5-4-17)7-11(22)9-21;;/h2-3,6,11,21-22H,4-5,7-9,17H2,1H3,(H,18,19,23);2*1H. The van der Waals surface area contributed by atoms with Crippen molar-refractivity contribution >= 4 is 41.7 Å². The number of halogens is 2. The van der Waals surface area contributed by atoms with Crippen molar-refractivity contribution in [3.8, 4) is 0 Å². The molecule has 0 saturated heterocycles. The maximum atomic E-state index is 12.2. The zero-order valence-corrected chi connectivity index (χ0v) is 16.4. The first-order chi connectivity index (χ1) is 12.0. The van der Waals surface area contributed by atoms with Gasteiger partial charge < -0.3 is 25.7 Å². The van der Waals surface area contributed by atoms with Crippen LogP contribution in [-0.2, 0) is 11.3 Å². The second-order valence-electron chi connectivity index (χ2n) is 5.60. The van der Waals surface area contributed by atoms with Crippen molar-refractivity contribution in [2.24, 2.45) is 5.73 Å². The van der Waals surface area contributed by atoms with E-state index < -0.39 is 12.1 Å². The van der Waals surface area contributed by atoms with Gasteiger partial charge in [-0.3, -0.25) is 9.69 Å². The summed E-state index contributed by atoms with van der Waals surface area (Å²) in [6.07, 6.45) is -0.912. The fourth-order valence-corrected chi connectivity index (χ4v) is 2.49. The van der Waals surface area contributed by atoms with Gasteiger partial charge in [-0.15, -0.1) is 24.8 Å². The Kier molecular flexibility index (Phi) is 11.1. The molecule has 0 amide bonds. The number of fused-ring (bicyclic) bond motifs is 1. The Morgan fingerprint density at radius 2 is 2.11 bits per heavy atom. The third-order valence-electron chi connectivity index (χ3n) is 3.68. The second-order valence-corrected chi connectivity index (χ2v) is 5.60. The first-order valence-corrected chi connectivity index (χ1v) is 7.81. The van der Waals surface area contributed by atoms with E-state index in [9.17, 15) is 14.7 Å². The molecule has 1 aromatic carbocycles. The lowest BCUT2D eigenvalue weighted by molar-refractivity contribution is 0.0569. The summed E-state index contributed by atoms with van der Waals surface area (Å²) >= 11 is 0. The minimum Gasteiger partial charge on any atom is -0.465 e. The number of aromatic amines is 1. The van der Waals surface area contributed by atoms with E-state index in [2.05, 4.69) is 14.7 Å². The number of ether oxygens (including phenoxy) is 1. The predicted molar refractivity (Wildman–Crippen MR) is 106 cm³/mol. The van der Waals surface area contributed by atoms with Crippen LogP contribution < -0.4 is 11.3 Å². The Morgan fingerprint density at radius 1 is 1.41 bits per heavy atom.